The third-order valence-corrected chi connectivity index (χ3v) is 3.45. The van der Waals surface area contributed by atoms with E-state index in [1.165, 1.54) is 16.8 Å². The molecule has 0 unspecified atom stereocenters. The lowest BCUT2D eigenvalue weighted by Crippen LogP contribution is -2.35. The van der Waals surface area contributed by atoms with E-state index in [-0.39, 0.29) is 5.54 Å². The second kappa shape index (κ2) is 7.81. The molecule has 3 nitrogen and oxygen atoms in total. The summed E-state index contributed by atoms with van der Waals surface area (Å²) in [7, 11) is 2.12. The summed E-state index contributed by atoms with van der Waals surface area (Å²) in [5, 5.41) is 3.54. The maximum absolute atomic E-state index is 5.61. The number of aryl methyl sites for hydroxylation is 1. The smallest absolute Gasteiger partial charge is 0.0644 e. The van der Waals surface area contributed by atoms with Gasteiger partial charge in [0.2, 0.25) is 0 Å². The van der Waals surface area contributed by atoms with Gasteiger partial charge in [-0.25, -0.2) is 0 Å². The van der Waals surface area contributed by atoms with Crippen LogP contribution < -0.4 is 10.2 Å². The third kappa shape index (κ3) is 6.96. The molecule has 0 aliphatic rings. The number of benzene rings is 1. The molecule has 120 valence electrons. The minimum Gasteiger partial charge on any atom is -0.377 e. The highest BCUT2D eigenvalue weighted by Gasteiger charge is 2.10. The predicted molar refractivity (Wildman–Crippen MR) is 92.1 cm³/mol. The first-order chi connectivity index (χ1) is 9.69. The molecular formula is C18H32N2O. The molecule has 0 heterocycles. The zero-order chi connectivity index (χ0) is 16.0. The van der Waals surface area contributed by atoms with Crippen molar-refractivity contribution in [3.8, 4) is 0 Å². The summed E-state index contributed by atoms with van der Waals surface area (Å²) in [5.41, 5.74) is 4.09. The normalized spacial score (nSPS) is 12.0. The van der Waals surface area contributed by atoms with Crippen molar-refractivity contribution in [2.75, 3.05) is 25.1 Å². The van der Waals surface area contributed by atoms with Crippen molar-refractivity contribution in [3.63, 3.8) is 0 Å². The number of hydrogen-bond acceptors (Lipinski definition) is 3. The van der Waals surface area contributed by atoms with Crippen LogP contribution in [0.15, 0.2) is 18.2 Å². The number of likely N-dealkylation sites (N-methyl/N-ethyl adjacent to an activating group) is 1. The van der Waals surface area contributed by atoms with Crippen molar-refractivity contribution < 1.29 is 4.74 Å². The van der Waals surface area contributed by atoms with Crippen LogP contribution >= 0.6 is 0 Å². The van der Waals surface area contributed by atoms with Gasteiger partial charge in [0.25, 0.3) is 0 Å². The Bertz CT molecular complexity index is 435. The van der Waals surface area contributed by atoms with Gasteiger partial charge in [-0.15, -0.1) is 0 Å². The van der Waals surface area contributed by atoms with E-state index < -0.39 is 0 Å². The summed E-state index contributed by atoms with van der Waals surface area (Å²) in [6.07, 6.45) is 0.297. The molecule has 0 aromatic heterocycles. The average molecular weight is 292 g/mol. The SMILES string of the molecule is Cc1cc(N(C)CCOC(C)C)ccc1CNC(C)(C)C. The first-order valence-electron chi connectivity index (χ1n) is 7.86. The Morgan fingerprint density at radius 2 is 1.90 bits per heavy atom. The van der Waals surface area contributed by atoms with Crippen molar-refractivity contribution in [3.05, 3.63) is 29.3 Å². The fourth-order valence-corrected chi connectivity index (χ4v) is 2.03. The Morgan fingerprint density at radius 1 is 1.24 bits per heavy atom. The first-order valence-corrected chi connectivity index (χ1v) is 7.86. The molecule has 1 aromatic rings. The minimum atomic E-state index is 0.149. The number of ether oxygens (including phenoxy) is 1. The Morgan fingerprint density at radius 3 is 2.43 bits per heavy atom. The summed E-state index contributed by atoms with van der Waals surface area (Å²) in [4.78, 5) is 2.25. The lowest BCUT2D eigenvalue weighted by Gasteiger charge is -2.23. The van der Waals surface area contributed by atoms with Crippen LogP contribution in [0.3, 0.4) is 0 Å². The van der Waals surface area contributed by atoms with E-state index in [4.69, 9.17) is 4.74 Å². The maximum Gasteiger partial charge on any atom is 0.0644 e. The first kappa shape index (κ1) is 18.0. The van der Waals surface area contributed by atoms with Crippen LogP contribution in [0.25, 0.3) is 0 Å². The molecule has 0 saturated carbocycles. The molecule has 0 fully saturated rings. The number of nitrogens with zero attached hydrogens (tertiary/aromatic N) is 1. The molecule has 0 radical (unpaired) electrons. The fourth-order valence-electron chi connectivity index (χ4n) is 2.03. The molecule has 0 saturated heterocycles. The lowest BCUT2D eigenvalue weighted by atomic mass is 10.0. The summed E-state index contributed by atoms with van der Waals surface area (Å²) in [6.45, 7) is 15.5. The van der Waals surface area contributed by atoms with Gasteiger partial charge in [-0.2, -0.15) is 0 Å². The lowest BCUT2D eigenvalue weighted by molar-refractivity contribution is 0.0846. The van der Waals surface area contributed by atoms with Crippen molar-refractivity contribution in [2.24, 2.45) is 0 Å². The molecule has 0 bridgehead atoms. The molecule has 1 N–H and O–H groups in total. The molecule has 1 rings (SSSR count). The molecule has 3 heteroatoms. The zero-order valence-corrected chi connectivity index (χ0v) is 14.8. The monoisotopic (exact) mass is 292 g/mol. The van der Waals surface area contributed by atoms with Crippen molar-refractivity contribution in [1.29, 1.82) is 0 Å². The minimum absolute atomic E-state index is 0.149. The van der Waals surface area contributed by atoms with Crippen LogP contribution in [-0.2, 0) is 11.3 Å². The molecule has 0 atom stereocenters. The van der Waals surface area contributed by atoms with Crippen LogP contribution in [-0.4, -0.2) is 31.8 Å². The Kier molecular flexibility index (Phi) is 6.69. The van der Waals surface area contributed by atoms with Crippen LogP contribution in [0.1, 0.15) is 45.7 Å². The third-order valence-electron chi connectivity index (χ3n) is 3.45. The van der Waals surface area contributed by atoms with Gasteiger partial charge in [-0.1, -0.05) is 6.07 Å². The zero-order valence-electron chi connectivity index (χ0n) is 14.8. The second-order valence-electron chi connectivity index (χ2n) is 7.06. The largest absolute Gasteiger partial charge is 0.377 e. The molecule has 0 aliphatic carbocycles. The molecule has 1 aromatic carbocycles. The van der Waals surface area contributed by atoms with Gasteiger partial charge in [-0.05, 0) is 64.8 Å². The summed E-state index contributed by atoms with van der Waals surface area (Å²) < 4.78 is 5.61. The quantitative estimate of drug-likeness (QED) is 0.828. The van der Waals surface area contributed by atoms with Crippen LogP contribution in [0, 0.1) is 6.92 Å². The van der Waals surface area contributed by atoms with Gasteiger partial charge >= 0.3 is 0 Å². The maximum atomic E-state index is 5.61. The highest BCUT2D eigenvalue weighted by atomic mass is 16.5. The Hall–Kier alpha value is -1.06. The van der Waals surface area contributed by atoms with E-state index in [9.17, 15) is 0 Å². The number of hydrogen-bond donors (Lipinski definition) is 1. The van der Waals surface area contributed by atoms with Crippen LogP contribution in [0.4, 0.5) is 5.69 Å². The molecule has 0 spiro atoms. The highest BCUT2D eigenvalue weighted by molar-refractivity contribution is 5.50. The summed E-state index contributed by atoms with van der Waals surface area (Å²) in [6, 6.07) is 6.68. The Balaban J connectivity index is 2.60. The topological polar surface area (TPSA) is 24.5 Å². The van der Waals surface area contributed by atoms with Gasteiger partial charge in [0.15, 0.2) is 0 Å². The van der Waals surface area contributed by atoms with E-state index >= 15 is 0 Å². The van der Waals surface area contributed by atoms with Gasteiger partial charge in [-0.3, -0.25) is 0 Å². The number of anilines is 1. The molecule has 0 amide bonds. The fraction of sp³-hybridized carbons (Fsp3) is 0.667. The molecular weight excluding hydrogens is 260 g/mol. The van der Waals surface area contributed by atoms with Gasteiger partial charge in [0.05, 0.1) is 12.7 Å². The standard InChI is InChI=1S/C18H32N2O/c1-14(2)21-11-10-20(7)17-9-8-16(15(3)12-17)13-19-18(4,5)6/h8-9,12,14,19H,10-11,13H2,1-7H3. The van der Waals surface area contributed by atoms with Crippen LogP contribution in [0.5, 0.6) is 0 Å². The second-order valence-corrected chi connectivity index (χ2v) is 7.06. The molecule has 21 heavy (non-hydrogen) atoms. The van der Waals surface area contributed by atoms with E-state index in [0.717, 1.165) is 19.7 Å². The predicted octanol–water partition coefficient (Wildman–Crippen LogP) is 3.74. The average Bonchev–Trinajstić information content (AvgIpc) is 2.35. The van der Waals surface area contributed by atoms with Crippen molar-refractivity contribution in [2.45, 2.75) is 59.7 Å². The summed E-state index contributed by atoms with van der Waals surface area (Å²) >= 11 is 0. The van der Waals surface area contributed by atoms with Gasteiger partial charge in [0.1, 0.15) is 0 Å². The summed E-state index contributed by atoms with van der Waals surface area (Å²) in [5.74, 6) is 0. The van der Waals surface area contributed by atoms with Crippen molar-refractivity contribution >= 4 is 5.69 Å². The molecule has 0 aliphatic heterocycles. The number of rotatable bonds is 7. The van der Waals surface area contributed by atoms with Crippen molar-refractivity contribution in [1.82, 2.24) is 5.32 Å². The van der Waals surface area contributed by atoms with E-state index in [1.54, 1.807) is 0 Å². The highest BCUT2D eigenvalue weighted by Crippen LogP contribution is 2.19. The van der Waals surface area contributed by atoms with Crippen LogP contribution in [0.2, 0.25) is 0 Å². The van der Waals surface area contributed by atoms with Gasteiger partial charge in [0, 0.05) is 31.4 Å². The van der Waals surface area contributed by atoms with E-state index in [0.29, 0.717) is 6.10 Å². The van der Waals surface area contributed by atoms with Gasteiger partial charge < -0.3 is 15.0 Å². The van der Waals surface area contributed by atoms with E-state index in [1.807, 2.05) is 0 Å². The Labute approximate surface area is 130 Å². The van der Waals surface area contributed by atoms with E-state index in [2.05, 4.69) is 77.0 Å². The number of nitrogens with one attached hydrogen (secondary N) is 1.